The van der Waals surface area contributed by atoms with Crippen molar-refractivity contribution >= 4 is 0 Å². The molecule has 0 heterocycles. The van der Waals surface area contributed by atoms with Crippen LogP contribution in [0.4, 0.5) is 0 Å². The van der Waals surface area contributed by atoms with E-state index in [9.17, 15) is 0 Å². The van der Waals surface area contributed by atoms with Gasteiger partial charge in [0, 0.05) is 12.6 Å². The molecule has 1 heteroatoms. The maximum atomic E-state index is 2.29. The monoisotopic (exact) mass is 157 g/mol. The van der Waals surface area contributed by atoms with Crippen LogP contribution >= 0.6 is 0 Å². The zero-order chi connectivity index (χ0) is 9.28. The van der Waals surface area contributed by atoms with Crippen molar-refractivity contribution in [2.75, 3.05) is 13.6 Å². The van der Waals surface area contributed by atoms with E-state index in [1.807, 2.05) is 20.8 Å². The van der Waals surface area contributed by atoms with E-state index in [0.717, 1.165) is 6.54 Å². The molecule has 0 aromatic carbocycles. The zero-order valence-electron chi connectivity index (χ0n) is 8.89. The maximum absolute atomic E-state index is 2.29. The van der Waals surface area contributed by atoms with Gasteiger partial charge in [-0.2, -0.15) is 0 Å². The molecular formula is C10H23N. The molecule has 0 amide bonds. The molecule has 0 aliphatic rings. The largest absolute Gasteiger partial charge is 0.300 e. The number of hydrogen-bond donors (Lipinski definition) is 0. The second-order valence-electron chi connectivity index (χ2n) is 2.60. The Labute approximate surface area is 72.1 Å². The third-order valence-corrected chi connectivity index (χ3v) is 1.51. The van der Waals surface area contributed by atoms with Crippen molar-refractivity contribution in [3.63, 3.8) is 0 Å². The minimum absolute atomic E-state index is 0.654. The SMILES string of the molecule is CC.CC=CCN(C)C(C)C. The van der Waals surface area contributed by atoms with Crippen molar-refractivity contribution in [3.05, 3.63) is 12.2 Å². The Hall–Kier alpha value is -0.300. The van der Waals surface area contributed by atoms with Crippen molar-refractivity contribution in [2.24, 2.45) is 0 Å². The predicted molar refractivity (Wildman–Crippen MR) is 53.9 cm³/mol. The van der Waals surface area contributed by atoms with Crippen LogP contribution in [0.2, 0.25) is 0 Å². The van der Waals surface area contributed by atoms with E-state index >= 15 is 0 Å². The molecule has 0 aliphatic heterocycles. The summed E-state index contributed by atoms with van der Waals surface area (Å²) < 4.78 is 0. The van der Waals surface area contributed by atoms with Gasteiger partial charge in [-0.3, -0.25) is 0 Å². The molecule has 68 valence electrons. The first-order valence-corrected chi connectivity index (χ1v) is 4.50. The van der Waals surface area contributed by atoms with Gasteiger partial charge in [-0.25, -0.2) is 0 Å². The number of rotatable bonds is 3. The van der Waals surface area contributed by atoms with Gasteiger partial charge in [-0.15, -0.1) is 0 Å². The molecule has 0 spiro atoms. The summed E-state index contributed by atoms with van der Waals surface area (Å²) in [5.41, 5.74) is 0. The van der Waals surface area contributed by atoms with Gasteiger partial charge in [0.15, 0.2) is 0 Å². The molecule has 11 heavy (non-hydrogen) atoms. The summed E-state index contributed by atoms with van der Waals surface area (Å²) in [6.45, 7) is 11.5. The summed E-state index contributed by atoms with van der Waals surface area (Å²) in [4.78, 5) is 2.29. The summed E-state index contributed by atoms with van der Waals surface area (Å²) >= 11 is 0. The molecule has 0 radical (unpaired) electrons. The van der Waals surface area contributed by atoms with Gasteiger partial charge < -0.3 is 4.90 Å². The molecular weight excluding hydrogens is 134 g/mol. The highest BCUT2D eigenvalue weighted by atomic mass is 15.1. The number of hydrogen-bond acceptors (Lipinski definition) is 1. The molecule has 0 aliphatic carbocycles. The lowest BCUT2D eigenvalue weighted by Crippen LogP contribution is -2.26. The number of likely N-dealkylation sites (N-methyl/N-ethyl adjacent to an activating group) is 1. The first-order valence-electron chi connectivity index (χ1n) is 4.50. The number of allylic oxidation sites excluding steroid dienone is 1. The second kappa shape index (κ2) is 9.70. The van der Waals surface area contributed by atoms with Crippen LogP contribution in [0.5, 0.6) is 0 Å². The molecule has 0 rings (SSSR count). The Bertz CT molecular complexity index is 84.9. The summed E-state index contributed by atoms with van der Waals surface area (Å²) in [5.74, 6) is 0. The number of nitrogens with zero attached hydrogens (tertiary/aromatic N) is 1. The fourth-order valence-corrected chi connectivity index (χ4v) is 0.482. The van der Waals surface area contributed by atoms with E-state index in [-0.39, 0.29) is 0 Å². The Morgan fingerprint density at radius 3 is 2.00 bits per heavy atom. The minimum Gasteiger partial charge on any atom is -0.300 e. The standard InChI is InChI=1S/C8H17N.C2H6/c1-5-6-7-9(4)8(2)3;1-2/h5-6,8H,7H2,1-4H3;1-2H3. The average molecular weight is 157 g/mol. The third-order valence-electron chi connectivity index (χ3n) is 1.51. The van der Waals surface area contributed by atoms with Crippen LogP contribution in [-0.2, 0) is 0 Å². The van der Waals surface area contributed by atoms with E-state index in [1.165, 1.54) is 0 Å². The Morgan fingerprint density at radius 1 is 1.27 bits per heavy atom. The van der Waals surface area contributed by atoms with Crippen LogP contribution in [0.3, 0.4) is 0 Å². The van der Waals surface area contributed by atoms with E-state index in [1.54, 1.807) is 0 Å². The fraction of sp³-hybridized carbons (Fsp3) is 0.800. The molecule has 0 fully saturated rings. The topological polar surface area (TPSA) is 3.24 Å². The molecule has 0 saturated heterocycles. The highest BCUT2D eigenvalue weighted by Gasteiger charge is 1.97. The maximum Gasteiger partial charge on any atom is 0.0162 e. The van der Waals surface area contributed by atoms with Crippen LogP contribution in [0, 0.1) is 0 Å². The van der Waals surface area contributed by atoms with Gasteiger partial charge in [-0.05, 0) is 27.8 Å². The summed E-state index contributed by atoms with van der Waals surface area (Å²) in [6.07, 6.45) is 4.25. The van der Waals surface area contributed by atoms with Crippen molar-refractivity contribution in [3.8, 4) is 0 Å². The van der Waals surface area contributed by atoms with Crippen molar-refractivity contribution < 1.29 is 0 Å². The molecule has 0 saturated carbocycles. The van der Waals surface area contributed by atoms with Crippen molar-refractivity contribution in [1.29, 1.82) is 0 Å². The summed E-state index contributed by atoms with van der Waals surface area (Å²) in [5, 5.41) is 0. The van der Waals surface area contributed by atoms with E-state index in [0.29, 0.717) is 6.04 Å². The van der Waals surface area contributed by atoms with E-state index < -0.39 is 0 Å². The van der Waals surface area contributed by atoms with Gasteiger partial charge >= 0.3 is 0 Å². The Balaban J connectivity index is 0. The second-order valence-corrected chi connectivity index (χ2v) is 2.60. The van der Waals surface area contributed by atoms with Crippen molar-refractivity contribution in [1.82, 2.24) is 4.90 Å². The van der Waals surface area contributed by atoms with E-state index in [2.05, 4.69) is 37.9 Å². The van der Waals surface area contributed by atoms with Gasteiger partial charge in [0.25, 0.3) is 0 Å². The Morgan fingerprint density at radius 2 is 1.73 bits per heavy atom. The molecule has 0 bridgehead atoms. The van der Waals surface area contributed by atoms with E-state index in [4.69, 9.17) is 0 Å². The van der Waals surface area contributed by atoms with Crippen LogP contribution in [0.25, 0.3) is 0 Å². The van der Waals surface area contributed by atoms with Gasteiger partial charge in [0.1, 0.15) is 0 Å². The highest BCUT2D eigenvalue weighted by molar-refractivity contribution is 4.80. The van der Waals surface area contributed by atoms with Crippen LogP contribution < -0.4 is 0 Å². The van der Waals surface area contributed by atoms with Crippen LogP contribution in [0.15, 0.2) is 12.2 Å². The zero-order valence-corrected chi connectivity index (χ0v) is 8.89. The molecule has 0 atom stereocenters. The third kappa shape index (κ3) is 9.70. The lowest BCUT2D eigenvalue weighted by molar-refractivity contribution is 0.303. The molecule has 0 unspecified atom stereocenters. The lowest BCUT2D eigenvalue weighted by Gasteiger charge is -2.18. The normalized spacial score (nSPS) is 10.5. The summed E-state index contributed by atoms with van der Waals surface area (Å²) in [6, 6.07) is 0.654. The van der Waals surface area contributed by atoms with Crippen molar-refractivity contribution in [2.45, 2.75) is 40.7 Å². The molecule has 0 aromatic heterocycles. The quantitative estimate of drug-likeness (QED) is 0.569. The predicted octanol–water partition coefficient (Wildman–Crippen LogP) is 2.93. The molecule has 0 N–H and O–H groups in total. The van der Waals surface area contributed by atoms with Crippen LogP contribution in [0.1, 0.15) is 34.6 Å². The highest BCUT2D eigenvalue weighted by Crippen LogP contribution is 1.91. The first kappa shape index (κ1) is 13.3. The van der Waals surface area contributed by atoms with Gasteiger partial charge in [0.2, 0.25) is 0 Å². The minimum atomic E-state index is 0.654. The van der Waals surface area contributed by atoms with Gasteiger partial charge in [0.05, 0.1) is 0 Å². The van der Waals surface area contributed by atoms with Gasteiger partial charge in [-0.1, -0.05) is 26.0 Å². The smallest absolute Gasteiger partial charge is 0.0162 e. The summed E-state index contributed by atoms with van der Waals surface area (Å²) in [7, 11) is 2.13. The molecule has 0 aromatic rings. The first-order chi connectivity index (χ1) is 5.18. The Kier molecular flexibility index (Phi) is 11.7. The van der Waals surface area contributed by atoms with Crippen LogP contribution in [-0.4, -0.2) is 24.5 Å². The fourth-order valence-electron chi connectivity index (χ4n) is 0.482. The lowest BCUT2D eigenvalue weighted by atomic mass is 10.3. The average Bonchev–Trinajstić information content (AvgIpc) is 2.03. The molecule has 1 nitrogen and oxygen atoms in total.